The van der Waals surface area contributed by atoms with Crippen LogP contribution in [0.25, 0.3) is 0 Å². The summed E-state index contributed by atoms with van der Waals surface area (Å²) < 4.78 is 2.19. The maximum absolute atomic E-state index is 4.76. The van der Waals surface area contributed by atoms with Crippen molar-refractivity contribution in [3.05, 3.63) is 40.3 Å². The van der Waals surface area contributed by atoms with Crippen molar-refractivity contribution in [2.45, 2.75) is 64.1 Å². The highest BCUT2D eigenvalue weighted by Gasteiger charge is 2.16. The van der Waals surface area contributed by atoms with E-state index in [1.807, 2.05) is 11.3 Å². The zero-order chi connectivity index (χ0) is 14.5. The van der Waals surface area contributed by atoms with Gasteiger partial charge in [-0.1, -0.05) is 25.3 Å². The van der Waals surface area contributed by atoms with Gasteiger partial charge in [-0.25, -0.2) is 0 Å². The van der Waals surface area contributed by atoms with Crippen LogP contribution >= 0.6 is 11.3 Å². The second-order valence-electron chi connectivity index (χ2n) is 6.14. The lowest BCUT2D eigenvalue weighted by molar-refractivity contribution is 0.327. The van der Waals surface area contributed by atoms with Crippen molar-refractivity contribution in [2.24, 2.45) is 0 Å². The van der Waals surface area contributed by atoms with Gasteiger partial charge in [-0.2, -0.15) is 5.10 Å². The van der Waals surface area contributed by atoms with E-state index in [1.54, 1.807) is 0 Å². The molecule has 1 atom stereocenters. The van der Waals surface area contributed by atoms with Crippen LogP contribution in [0.1, 0.15) is 55.6 Å². The molecule has 114 valence electrons. The van der Waals surface area contributed by atoms with Crippen molar-refractivity contribution in [3.8, 4) is 0 Å². The summed E-state index contributed by atoms with van der Waals surface area (Å²) in [5, 5.41) is 10.5. The van der Waals surface area contributed by atoms with Gasteiger partial charge < -0.3 is 5.32 Å². The Hall–Kier alpha value is -1.13. The summed E-state index contributed by atoms with van der Waals surface area (Å²) in [6.07, 6.45) is 9.96. The minimum absolute atomic E-state index is 0.489. The van der Waals surface area contributed by atoms with E-state index in [0.29, 0.717) is 12.1 Å². The highest BCUT2D eigenvalue weighted by Crippen LogP contribution is 2.27. The summed E-state index contributed by atoms with van der Waals surface area (Å²) in [5.41, 5.74) is 1.17. The molecule has 2 aromatic heterocycles. The SMILES string of the molecule is CC(Cc1cccs1)NCc1ccn(C2CCCCC2)n1. The molecule has 0 bridgehead atoms. The number of hydrogen-bond acceptors (Lipinski definition) is 3. The minimum atomic E-state index is 0.489. The van der Waals surface area contributed by atoms with Gasteiger partial charge in [0.1, 0.15) is 0 Å². The Labute approximate surface area is 131 Å². The van der Waals surface area contributed by atoms with E-state index in [0.717, 1.165) is 13.0 Å². The van der Waals surface area contributed by atoms with E-state index in [2.05, 4.69) is 46.7 Å². The van der Waals surface area contributed by atoms with Gasteiger partial charge in [-0.15, -0.1) is 11.3 Å². The Morgan fingerprint density at radius 1 is 1.33 bits per heavy atom. The molecule has 0 saturated heterocycles. The van der Waals surface area contributed by atoms with Crippen LogP contribution in [0.5, 0.6) is 0 Å². The third kappa shape index (κ3) is 4.17. The van der Waals surface area contributed by atoms with E-state index in [1.165, 1.54) is 42.7 Å². The van der Waals surface area contributed by atoms with Crippen molar-refractivity contribution < 1.29 is 0 Å². The van der Waals surface area contributed by atoms with Gasteiger partial charge in [0.05, 0.1) is 11.7 Å². The van der Waals surface area contributed by atoms with Crippen LogP contribution in [-0.2, 0) is 13.0 Å². The first kappa shape index (κ1) is 14.8. The minimum Gasteiger partial charge on any atom is -0.308 e. The Morgan fingerprint density at radius 2 is 2.19 bits per heavy atom. The van der Waals surface area contributed by atoms with Crippen molar-refractivity contribution in [3.63, 3.8) is 0 Å². The summed E-state index contributed by atoms with van der Waals surface area (Å²) in [5.74, 6) is 0. The molecule has 0 radical (unpaired) electrons. The fraction of sp³-hybridized carbons (Fsp3) is 0.588. The largest absolute Gasteiger partial charge is 0.308 e. The standard InChI is InChI=1S/C17H25N3S/c1-14(12-17-8-5-11-21-17)18-13-15-9-10-20(19-15)16-6-3-2-4-7-16/h5,8-11,14,16,18H,2-4,6-7,12-13H2,1H3. The molecule has 21 heavy (non-hydrogen) atoms. The molecule has 3 nitrogen and oxygen atoms in total. The fourth-order valence-corrected chi connectivity index (χ4v) is 3.94. The van der Waals surface area contributed by atoms with E-state index in [-0.39, 0.29) is 0 Å². The molecule has 1 fully saturated rings. The third-order valence-corrected chi connectivity index (χ3v) is 5.23. The zero-order valence-corrected chi connectivity index (χ0v) is 13.6. The predicted molar refractivity (Wildman–Crippen MR) is 88.7 cm³/mol. The number of nitrogens with zero attached hydrogens (tertiary/aromatic N) is 2. The normalized spacial score (nSPS) is 18.0. The summed E-state index contributed by atoms with van der Waals surface area (Å²) in [4.78, 5) is 1.45. The van der Waals surface area contributed by atoms with E-state index in [9.17, 15) is 0 Å². The maximum atomic E-state index is 4.76. The zero-order valence-electron chi connectivity index (χ0n) is 12.8. The molecule has 0 amide bonds. The summed E-state index contributed by atoms with van der Waals surface area (Å²) in [6, 6.07) is 7.62. The average molecular weight is 303 g/mol. The van der Waals surface area contributed by atoms with Crippen LogP contribution in [-0.4, -0.2) is 15.8 Å². The van der Waals surface area contributed by atoms with Gasteiger partial charge in [-0.05, 0) is 43.7 Å². The van der Waals surface area contributed by atoms with Gasteiger partial charge in [0.15, 0.2) is 0 Å². The van der Waals surface area contributed by atoms with E-state index >= 15 is 0 Å². The number of hydrogen-bond donors (Lipinski definition) is 1. The molecular weight excluding hydrogens is 278 g/mol. The maximum Gasteiger partial charge on any atom is 0.0762 e. The monoisotopic (exact) mass is 303 g/mol. The molecule has 3 rings (SSSR count). The Morgan fingerprint density at radius 3 is 2.95 bits per heavy atom. The molecule has 0 aliphatic heterocycles. The molecular formula is C17H25N3S. The van der Waals surface area contributed by atoms with Crippen LogP contribution in [0.3, 0.4) is 0 Å². The lowest BCUT2D eigenvalue weighted by Crippen LogP contribution is -2.27. The van der Waals surface area contributed by atoms with E-state index in [4.69, 9.17) is 5.10 Å². The Bertz CT molecular complexity index is 526. The van der Waals surface area contributed by atoms with Crippen molar-refractivity contribution >= 4 is 11.3 Å². The van der Waals surface area contributed by atoms with Crippen molar-refractivity contribution in [1.29, 1.82) is 0 Å². The first-order chi connectivity index (χ1) is 10.3. The summed E-state index contributed by atoms with van der Waals surface area (Å²) in [7, 11) is 0. The quantitative estimate of drug-likeness (QED) is 0.868. The van der Waals surface area contributed by atoms with Gasteiger partial charge in [0.25, 0.3) is 0 Å². The van der Waals surface area contributed by atoms with E-state index < -0.39 is 0 Å². The molecule has 1 N–H and O–H groups in total. The highest BCUT2D eigenvalue weighted by molar-refractivity contribution is 7.09. The molecule has 1 saturated carbocycles. The lowest BCUT2D eigenvalue weighted by atomic mass is 9.96. The number of thiophene rings is 1. The first-order valence-electron chi connectivity index (χ1n) is 8.11. The van der Waals surface area contributed by atoms with Crippen molar-refractivity contribution in [2.75, 3.05) is 0 Å². The molecule has 0 spiro atoms. The van der Waals surface area contributed by atoms with Gasteiger partial charge in [0.2, 0.25) is 0 Å². The van der Waals surface area contributed by atoms with Crippen LogP contribution in [0.4, 0.5) is 0 Å². The highest BCUT2D eigenvalue weighted by atomic mass is 32.1. The van der Waals surface area contributed by atoms with Crippen LogP contribution in [0.15, 0.2) is 29.8 Å². The molecule has 2 heterocycles. The number of nitrogens with one attached hydrogen (secondary N) is 1. The molecule has 1 aliphatic carbocycles. The van der Waals surface area contributed by atoms with Gasteiger partial charge in [-0.3, -0.25) is 4.68 Å². The summed E-state index contributed by atoms with van der Waals surface area (Å²) in [6.45, 7) is 3.12. The Kier molecular flexibility index (Phi) is 5.09. The van der Waals surface area contributed by atoms with Crippen LogP contribution in [0.2, 0.25) is 0 Å². The lowest BCUT2D eigenvalue weighted by Gasteiger charge is -2.21. The van der Waals surface area contributed by atoms with Gasteiger partial charge >= 0.3 is 0 Å². The molecule has 2 aromatic rings. The predicted octanol–water partition coefficient (Wildman–Crippen LogP) is 4.17. The molecule has 0 aromatic carbocycles. The second-order valence-corrected chi connectivity index (χ2v) is 7.18. The molecule has 1 aliphatic rings. The smallest absolute Gasteiger partial charge is 0.0762 e. The molecule has 1 unspecified atom stereocenters. The fourth-order valence-electron chi connectivity index (χ4n) is 3.10. The first-order valence-corrected chi connectivity index (χ1v) is 8.99. The number of aromatic nitrogens is 2. The second kappa shape index (κ2) is 7.23. The topological polar surface area (TPSA) is 29.9 Å². The molecule has 4 heteroatoms. The Balaban J connectivity index is 1.48. The number of rotatable bonds is 6. The van der Waals surface area contributed by atoms with Crippen LogP contribution < -0.4 is 5.32 Å². The summed E-state index contributed by atoms with van der Waals surface area (Å²) >= 11 is 1.84. The third-order valence-electron chi connectivity index (χ3n) is 4.33. The average Bonchev–Trinajstić information content (AvgIpc) is 3.17. The van der Waals surface area contributed by atoms with Crippen molar-refractivity contribution in [1.82, 2.24) is 15.1 Å². The van der Waals surface area contributed by atoms with Crippen LogP contribution in [0, 0.1) is 0 Å². The van der Waals surface area contributed by atoms with Gasteiger partial charge in [0, 0.05) is 23.7 Å².